The molecule has 2 aliphatic heterocycles. The summed E-state index contributed by atoms with van der Waals surface area (Å²) in [6, 6.07) is 12.6. The van der Waals surface area contributed by atoms with Crippen molar-refractivity contribution in [3.05, 3.63) is 53.9 Å². The molecule has 1 aromatic carbocycles. The molecule has 0 bridgehead atoms. The molecule has 3 aliphatic rings. The summed E-state index contributed by atoms with van der Waals surface area (Å²) < 4.78 is 8.58. The molecule has 2 aromatic rings. The number of hydrogen-bond acceptors (Lipinski definition) is 4. The van der Waals surface area contributed by atoms with Crippen LogP contribution in [0.3, 0.4) is 0 Å². The van der Waals surface area contributed by atoms with Crippen molar-refractivity contribution in [1.82, 2.24) is 19.6 Å². The highest BCUT2D eigenvalue weighted by Crippen LogP contribution is 2.43. The Morgan fingerprint density at radius 3 is 2.69 bits per heavy atom. The van der Waals surface area contributed by atoms with Crippen molar-refractivity contribution in [2.75, 3.05) is 32.8 Å². The first-order valence-electron chi connectivity index (χ1n) is 12.3. The largest absolute Gasteiger partial charge is 0.361 e. The van der Waals surface area contributed by atoms with Gasteiger partial charge in [0.15, 0.2) is 5.60 Å². The topological polar surface area (TPSA) is 50.6 Å². The van der Waals surface area contributed by atoms with E-state index in [1.807, 2.05) is 29.3 Å². The minimum absolute atomic E-state index is 0.000114. The fourth-order valence-corrected chi connectivity index (χ4v) is 6.06. The van der Waals surface area contributed by atoms with Gasteiger partial charge in [0.1, 0.15) is 0 Å². The molecular weight excluding hydrogens is 400 g/mol. The summed E-state index contributed by atoms with van der Waals surface area (Å²) >= 11 is 0. The number of likely N-dealkylation sites (tertiary alicyclic amines) is 1. The van der Waals surface area contributed by atoms with Crippen molar-refractivity contribution in [2.24, 2.45) is 5.92 Å². The van der Waals surface area contributed by atoms with Gasteiger partial charge in [0.2, 0.25) is 0 Å². The molecule has 2 saturated heterocycles. The van der Waals surface area contributed by atoms with E-state index in [1.165, 1.54) is 31.2 Å². The van der Waals surface area contributed by atoms with Crippen molar-refractivity contribution in [3.8, 4) is 0 Å². The Kier molecular flexibility index (Phi) is 6.08. The van der Waals surface area contributed by atoms with E-state index < -0.39 is 5.60 Å². The molecule has 0 unspecified atom stereocenters. The Balaban J connectivity index is 1.45. The van der Waals surface area contributed by atoms with E-state index in [1.54, 1.807) is 0 Å². The quantitative estimate of drug-likeness (QED) is 0.690. The summed E-state index contributed by atoms with van der Waals surface area (Å²) in [5, 5.41) is 4.60. The van der Waals surface area contributed by atoms with E-state index in [9.17, 15) is 4.79 Å². The highest BCUT2D eigenvalue weighted by Gasteiger charge is 2.58. The summed E-state index contributed by atoms with van der Waals surface area (Å²) in [7, 11) is 0. The Morgan fingerprint density at radius 1 is 1.16 bits per heavy atom. The van der Waals surface area contributed by atoms with Crippen LogP contribution < -0.4 is 0 Å². The minimum atomic E-state index is -0.821. The number of ether oxygens (including phenoxy) is 1. The average Bonchev–Trinajstić information content (AvgIpc) is 3.53. The lowest BCUT2D eigenvalue weighted by Crippen LogP contribution is -2.60. The van der Waals surface area contributed by atoms with Crippen LogP contribution in [0.5, 0.6) is 0 Å². The van der Waals surface area contributed by atoms with Gasteiger partial charge in [-0.25, -0.2) is 0 Å². The molecule has 5 rings (SSSR count). The second-order valence-corrected chi connectivity index (χ2v) is 10.1. The van der Waals surface area contributed by atoms with Crippen molar-refractivity contribution in [3.63, 3.8) is 0 Å². The van der Waals surface area contributed by atoms with Crippen LogP contribution in [-0.4, -0.2) is 63.9 Å². The predicted molar refractivity (Wildman–Crippen MR) is 124 cm³/mol. The summed E-state index contributed by atoms with van der Waals surface area (Å²) in [6.45, 7) is 8.80. The Bertz CT molecular complexity index is 921. The standard InChI is InChI=1S/C26H36N4O2/c1-20(2)30-24(12-13-27-30)23-18-28(16-21-10-6-7-11-21)19-26(23)25(31)29(14-15-32-26)17-22-8-4-3-5-9-22/h3-5,8-9,12-13,20-21,23H,6-7,10-11,14-19H2,1-2H3/t23-,26+/m1/s1. The number of carbonyl (C=O) groups excluding carboxylic acids is 1. The number of morpholine rings is 1. The minimum Gasteiger partial charge on any atom is -0.361 e. The van der Waals surface area contributed by atoms with E-state index >= 15 is 0 Å². The van der Waals surface area contributed by atoms with E-state index in [-0.39, 0.29) is 17.9 Å². The smallest absolute Gasteiger partial charge is 0.257 e. The molecular formula is C26H36N4O2. The number of nitrogens with zero attached hydrogens (tertiary/aromatic N) is 4. The van der Waals surface area contributed by atoms with Gasteiger partial charge in [-0.1, -0.05) is 43.2 Å². The molecule has 2 atom stereocenters. The maximum atomic E-state index is 14.1. The highest BCUT2D eigenvalue weighted by atomic mass is 16.5. The van der Waals surface area contributed by atoms with Crippen LogP contribution in [0.1, 0.15) is 62.7 Å². The van der Waals surface area contributed by atoms with Gasteiger partial charge in [-0.15, -0.1) is 0 Å². The van der Waals surface area contributed by atoms with E-state index in [0.29, 0.717) is 26.2 Å². The first-order chi connectivity index (χ1) is 15.6. The summed E-state index contributed by atoms with van der Waals surface area (Å²) in [5.41, 5.74) is 1.48. The van der Waals surface area contributed by atoms with Crippen LogP contribution in [0.2, 0.25) is 0 Å². The summed E-state index contributed by atoms with van der Waals surface area (Å²) in [5.74, 6) is 0.892. The number of carbonyl (C=O) groups is 1. The number of amides is 1. The molecule has 1 amide bonds. The first-order valence-corrected chi connectivity index (χ1v) is 12.3. The van der Waals surface area contributed by atoms with Crippen LogP contribution in [0.4, 0.5) is 0 Å². The molecule has 6 nitrogen and oxygen atoms in total. The van der Waals surface area contributed by atoms with E-state index in [4.69, 9.17) is 4.74 Å². The number of aromatic nitrogens is 2. The number of rotatable bonds is 6. The number of hydrogen-bond donors (Lipinski definition) is 0. The van der Waals surface area contributed by atoms with E-state index in [2.05, 4.69) is 46.7 Å². The lowest BCUT2D eigenvalue weighted by atomic mass is 9.85. The van der Waals surface area contributed by atoms with Gasteiger partial charge in [0.05, 0.1) is 12.5 Å². The number of benzene rings is 1. The molecule has 0 N–H and O–H groups in total. The van der Waals surface area contributed by atoms with Crippen LogP contribution >= 0.6 is 0 Å². The zero-order valence-electron chi connectivity index (χ0n) is 19.4. The SMILES string of the molecule is CC(C)n1nccc1[C@H]1CN(CC2CCCC2)C[C@]12OCCN(Cc1ccccc1)C2=O. The summed E-state index contributed by atoms with van der Waals surface area (Å²) in [6.07, 6.45) is 7.18. The second kappa shape index (κ2) is 8.99. The lowest BCUT2D eigenvalue weighted by Gasteiger charge is -2.42. The Hall–Kier alpha value is -2.18. The molecule has 1 aliphatic carbocycles. The lowest BCUT2D eigenvalue weighted by molar-refractivity contribution is -0.173. The van der Waals surface area contributed by atoms with Crippen molar-refractivity contribution >= 4 is 5.91 Å². The third kappa shape index (κ3) is 3.99. The third-order valence-electron chi connectivity index (χ3n) is 7.59. The zero-order chi connectivity index (χ0) is 22.1. The molecule has 6 heteroatoms. The summed E-state index contributed by atoms with van der Waals surface area (Å²) in [4.78, 5) is 18.6. The fraction of sp³-hybridized carbons (Fsp3) is 0.615. The molecule has 172 valence electrons. The van der Waals surface area contributed by atoms with E-state index in [0.717, 1.165) is 24.7 Å². The molecule has 1 spiro atoms. The molecule has 32 heavy (non-hydrogen) atoms. The van der Waals surface area contributed by atoms with Crippen LogP contribution in [0.25, 0.3) is 0 Å². The maximum absolute atomic E-state index is 14.1. The monoisotopic (exact) mass is 436 g/mol. The average molecular weight is 437 g/mol. The van der Waals surface area contributed by atoms with Crippen molar-refractivity contribution in [2.45, 2.75) is 63.6 Å². The van der Waals surface area contributed by atoms with Gasteiger partial charge in [-0.2, -0.15) is 5.10 Å². The molecule has 3 heterocycles. The highest BCUT2D eigenvalue weighted by molar-refractivity contribution is 5.88. The van der Waals surface area contributed by atoms with Crippen molar-refractivity contribution < 1.29 is 9.53 Å². The third-order valence-corrected chi connectivity index (χ3v) is 7.59. The van der Waals surface area contributed by atoms with Gasteiger partial charge in [-0.05, 0) is 44.2 Å². The molecule has 0 radical (unpaired) electrons. The molecule has 1 aromatic heterocycles. The van der Waals surface area contributed by atoms with Crippen molar-refractivity contribution in [1.29, 1.82) is 0 Å². The van der Waals surface area contributed by atoms with Gasteiger partial charge in [-0.3, -0.25) is 14.4 Å². The fourth-order valence-electron chi connectivity index (χ4n) is 6.06. The molecule has 1 saturated carbocycles. The molecule has 3 fully saturated rings. The second-order valence-electron chi connectivity index (χ2n) is 10.1. The Morgan fingerprint density at radius 2 is 1.94 bits per heavy atom. The van der Waals surface area contributed by atoms with Gasteiger partial charge in [0.25, 0.3) is 5.91 Å². The first kappa shape index (κ1) is 21.7. The Labute approximate surface area is 191 Å². The van der Waals surface area contributed by atoms with Gasteiger partial charge in [0, 0.05) is 50.7 Å². The zero-order valence-corrected chi connectivity index (χ0v) is 19.4. The van der Waals surface area contributed by atoms with Gasteiger partial charge < -0.3 is 9.64 Å². The normalized spacial score (nSPS) is 27.3. The predicted octanol–water partition coefficient (Wildman–Crippen LogP) is 3.85. The van der Waals surface area contributed by atoms with Crippen LogP contribution in [0, 0.1) is 5.92 Å². The maximum Gasteiger partial charge on any atom is 0.257 e. The van der Waals surface area contributed by atoms with Gasteiger partial charge >= 0.3 is 0 Å². The van der Waals surface area contributed by atoms with Crippen LogP contribution in [-0.2, 0) is 16.1 Å². The van der Waals surface area contributed by atoms with Crippen LogP contribution in [0.15, 0.2) is 42.6 Å².